The fraction of sp³-hybridized carbons (Fsp3) is 0.333. The molecule has 0 unspecified atom stereocenters. The van der Waals surface area contributed by atoms with Crippen molar-refractivity contribution in [2.24, 2.45) is 0 Å². The number of aliphatic hydroxyl groups is 1. The lowest BCUT2D eigenvalue weighted by Crippen LogP contribution is -2.25. The van der Waals surface area contributed by atoms with E-state index in [9.17, 15) is 14.7 Å². The Labute approximate surface area is 184 Å². The molecule has 172 valence electrons. The number of rotatable bonds is 8. The second-order valence-corrected chi connectivity index (χ2v) is 7.06. The Morgan fingerprint density at radius 2 is 1.59 bits per heavy atom. The lowest BCUT2D eigenvalue weighted by atomic mass is 10.1. The van der Waals surface area contributed by atoms with Gasteiger partial charge in [0.05, 0.1) is 27.4 Å². The molecule has 0 fully saturated rings. The van der Waals surface area contributed by atoms with Crippen LogP contribution in [0.15, 0.2) is 36.3 Å². The van der Waals surface area contributed by atoms with Gasteiger partial charge in [0, 0.05) is 0 Å². The molecule has 1 aromatic heterocycles. The summed E-state index contributed by atoms with van der Waals surface area (Å²) < 4.78 is 31.3. The summed E-state index contributed by atoms with van der Waals surface area (Å²) in [7, 11) is 3.92. The van der Waals surface area contributed by atoms with Crippen LogP contribution in [-0.4, -0.2) is 53.9 Å². The summed E-state index contributed by atoms with van der Waals surface area (Å²) in [5, 5.41) is 9.34. The van der Waals surface area contributed by atoms with Crippen LogP contribution in [0.1, 0.15) is 31.1 Å². The van der Waals surface area contributed by atoms with Crippen molar-refractivity contribution in [2.45, 2.75) is 26.4 Å². The molecule has 32 heavy (non-hydrogen) atoms. The minimum atomic E-state index is -0.963. The zero-order valence-corrected chi connectivity index (χ0v) is 18.5. The van der Waals surface area contributed by atoms with Gasteiger partial charge < -0.3 is 33.5 Å². The molecule has 1 N–H and O–H groups in total. The maximum absolute atomic E-state index is 13.0. The quantitative estimate of drug-likeness (QED) is 0.362. The number of hydrogen-bond donors (Lipinski definition) is 1. The van der Waals surface area contributed by atoms with Gasteiger partial charge in [0.15, 0.2) is 0 Å². The van der Waals surface area contributed by atoms with Crippen molar-refractivity contribution in [1.82, 2.24) is 9.97 Å². The van der Waals surface area contributed by atoms with Gasteiger partial charge in [0.1, 0.15) is 28.9 Å². The normalized spacial score (nSPS) is 11.4. The summed E-state index contributed by atoms with van der Waals surface area (Å²) in [6.45, 7) is 5.04. The van der Waals surface area contributed by atoms with Gasteiger partial charge in [-0.3, -0.25) is 0 Å². The Morgan fingerprint density at radius 3 is 2.09 bits per heavy atom. The molecule has 1 heterocycles. The highest BCUT2D eigenvalue weighted by Gasteiger charge is 2.28. The van der Waals surface area contributed by atoms with E-state index in [0.717, 1.165) is 7.11 Å². The zero-order valence-electron chi connectivity index (χ0n) is 18.5. The Bertz CT molecular complexity index is 991. The van der Waals surface area contributed by atoms with Gasteiger partial charge in [-0.05, 0) is 32.9 Å². The molecule has 11 heteroatoms. The van der Waals surface area contributed by atoms with Crippen molar-refractivity contribution >= 4 is 11.9 Å². The molecule has 2 aromatic rings. The van der Waals surface area contributed by atoms with Crippen molar-refractivity contribution in [3.8, 4) is 29.3 Å². The first kappa shape index (κ1) is 24.3. The first-order valence-corrected chi connectivity index (χ1v) is 9.23. The van der Waals surface area contributed by atoms with E-state index in [0.29, 0.717) is 6.26 Å². The molecule has 2 rings (SSSR count). The van der Waals surface area contributed by atoms with Crippen LogP contribution < -0.4 is 18.9 Å². The van der Waals surface area contributed by atoms with Crippen molar-refractivity contribution in [3.63, 3.8) is 0 Å². The third kappa shape index (κ3) is 6.24. The minimum Gasteiger partial charge on any atom is -0.511 e. The summed E-state index contributed by atoms with van der Waals surface area (Å²) in [4.78, 5) is 32.9. The van der Waals surface area contributed by atoms with Crippen LogP contribution in [0.2, 0.25) is 0 Å². The Kier molecular flexibility index (Phi) is 7.83. The van der Waals surface area contributed by atoms with E-state index in [1.165, 1.54) is 38.5 Å². The smallest absolute Gasteiger partial charge is 0.377 e. The van der Waals surface area contributed by atoms with Gasteiger partial charge in [0.2, 0.25) is 17.5 Å². The molecule has 1 aromatic carbocycles. The highest BCUT2D eigenvalue weighted by molar-refractivity contribution is 5.96. The second kappa shape index (κ2) is 10.3. The van der Waals surface area contributed by atoms with E-state index in [1.807, 2.05) is 0 Å². The van der Waals surface area contributed by atoms with Crippen LogP contribution in [0.4, 0.5) is 0 Å². The van der Waals surface area contributed by atoms with Crippen molar-refractivity contribution in [2.75, 3.05) is 21.3 Å². The van der Waals surface area contributed by atoms with Crippen molar-refractivity contribution in [3.05, 3.63) is 41.9 Å². The van der Waals surface area contributed by atoms with Gasteiger partial charge in [-0.1, -0.05) is 6.07 Å². The fourth-order valence-electron chi connectivity index (χ4n) is 2.29. The third-order valence-electron chi connectivity index (χ3n) is 3.59. The SMILES string of the molecule is COC(=O)/C(=C\O)Oc1cccc(Oc2nc(OC)cc(OC)n2)c1C(=O)OC(C)(C)C. The predicted octanol–water partition coefficient (Wildman–Crippen LogP) is 3.19. The predicted molar refractivity (Wildman–Crippen MR) is 110 cm³/mol. The molecule has 0 spiro atoms. The maximum Gasteiger partial charge on any atom is 0.377 e. The number of methoxy groups -OCH3 is 3. The van der Waals surface area contributed by atoms with Gasteiger partial charge in [-0.2, -0.15) is 9.97 Å². The first-order valence-electron chi connectivity index (χ1n) is 9.23. The van der Waals surface area contributed by atoms with E-state index in [2.05, 4.69) is 14.7 Å². The van der Waals surface area contributed by atoms with E-state index >= 15 is 0 Å². The number of aromatic nitrogens is 2. The molecule has 0 atom stereocenters. The zero-order chi connectivity index (χ0) is 23.9. The molecule has 0 saturated heterocycles. The highest BCUT2D eigenvalue weighted by Crippen LogP contribution is 2.34. The summed E-state index contributed by atoms with van der Waals surface area (Å²) in [5.74, 6) is -2.21. The Morgan fingerprint density at radius 1 is 1.00 bits per heavy atom. The highest BCUT2D eigenvalue weighted by atomic mass is 16.6. The first-order chi connectivity index (χ1) is 15.1. The summed E-state index contributed by atoms with van der Waals surface area (Å²) >= 11 is 0. The molecular weight excluding hydrogens is 424 g/mol. The van der Waals surface area contributed by atoms with Crippen molar-refractivity contribution in [1.29, 1.82) is 0 Å². The van der Waals surface area contributed by atoms with E-state index in [-0.39, 0.29) is 34.8 Å². The number of esters is 2. The summed E-state index contributed by atoms with van der Waals surface area (Å²) in [6, 6.07) is 5.57. The number of carbonyl (C=O) groups excluding carboxylic acids is 2. The molecule has 11 nitrogen and oxygen atoms in total. The standard InChI is InChI=1S/C21H24N2O9/c1-21(2,3)32-19(26)17-12(30-14(11-24)18(25)29-6)8-7-9-13(17)31-20-22-15(27-4)10-16(23-20)28-5/h7-11,24H,1-6H3/b14-11+. The number of benzene rings is 1. The summed E-state index contributed by atoms with van der Waals surface area (Å²) in [5.41, 5.74) is -1.04. The lowest BCUT2D eigenvalue weighted by molar-refractivity contribution is -0.138. The van der Waals surface area contributed by atoms with Crippen molar-refractivity contribution < 1.29 is 43.1 Å². The van der Waals surface area contributed by atoms with Gasteiger partial charge in [-0.25, -0.2) is 9.59 Å². The largest absolute Gasteiger partial charge is 0.511 e. The number of aliphatic hydroxyl groups excluding tert-OH is 1. The van der Waals surface area contributed by atoms with Gasteiger partial charge in [-0.15, -0.1) is 0 Å². The number of nitrogens with zero attached hydrogens (tertiary/aromatic N) is 2. The minimum absolute atomic E-state index is 0.0470. The average molecular weight is 448 g/mol. The monoisotopic (exact) mass is 448 g/mol. The number of ether oxygens (including phenoxy) is 6. The van der Waals surface area contributed by atoms with Crippen LogP contribution in [-0.2, 0) is 14.3 Å². The molecule has 0 aliphatic rings. The summed E-state index contributed by atoms with van der Waals surface area (Å²) in [6.07, 6.45) is 0.411. The fourth-order valence-corrected chi connectivity index (χ4v) is 2.29. The van der Waals surface area contributed by atoms with E-state index < -0.39 is 23.3 Å². The molecule has 0 amide bonds. The molecule has 0 radical (unpaired) electrons. The Hall–Kier alpha value is -4.02. The van der Waals surface area contributed by atoms with Crippen LogP contribution >= 0.6 is 0 Å². The van der Waals surface area contributed by atoms with Crippen LogP contribution in [0.25, 0.3) is 0 Å². The van der Waals surface area contributed by atoms with E-state index in [4.69, 9.17) is 23.7 Å². The molecule has 0 bridgehead atoms. The van der Waals surface area contributed by atoms with Crippen LogP contribution in [0, 0.1) is 0 Å². The van der Waals surface area contributed by atoms with Crippen LogP contribution in [0.5, 0.6) is 29.3 Å². The molecular formula is C21H24N2O9. The molecule has 0 aliphatic heterocycles. The third-order valence-corrected chi connectivity index (χ3v) is 3.59. The lowest BCUT2D eigenvalue weighted by Gasteiger charge is -2.21. The average Bonchev–Trinajstić information content (AvgIpc) is 2.75. The van der Waals surface area contributed by atoms with E-state index in [1.54, 1.807) is 20.8 Å². The van der Waals surface area contributed by atoms with Gasteiger partial charge >= 0.3 is 17.9 Å². The topological polar surface area (TPSA) is 136 Å². The van der Waals surface area contributed by atoms with Gasteiger partial charge in [0.25, 0.3) is 0 Å². The second-order valence-electron chi connectivity index (χ2n) is 7.06. The maximum atomic E-state index is 13.0. The number of hydrogen-bond acceptors (Lipinski definition) is 11. The Balaban J connectivity index is 2.57. The van der Waals surface area contributed by atoms with Crippen LogP contribution in [0.3, 0.4) is 0 Å². The molecule has 0 aliphatic carbocycles. The molecule has 0 saturated carbocycles. The number of carbonyl (C=O) groups is 2.